The molecule has 0 bridgehead atoms. The van der Waals surface area contributed by atoms with E-state index in [0.29, 0.717) is 28.8 Å². The molecule has 0 spiro atoms. The van der Waals surface area contributed by atoms with E-state index in [1.165, 1.54) is 24.3 Å². The number of Topliss-reactive ketones (excluding diaryl/α,β-unsaturated/α-hetero) is 1. The number of nitrogen functional groups attached to an aromatic ring is 1. The number of esters is 1. The number of anilines is 1. The minimum atomic E-state index is -2.42. The van der Waals surface area contributed by atoms with Crippen molar-refractivity contribution >= 4 is 135 Å². The predicted octanol–water partition coefficient (Wildman–Crippen LogP) is 6.60. The van der Waals surface area contributed by atoms with E-state index in [9.17, 15) is 126 Å². The van der Waals surface area contributed by atoms with Gasteiger partial charge in [-0.25, -0.2) is 69.7 Å². The number of ketones is 1. The van der Waals surface area contributed by atoms with Crippen LogP contribution in [0.5, 0.6) is 0 Å². The van der Waals surface area contributed by atoms with Gasteiger partial charge >= 0.3 is 29.8 Å². The van der Waals surface area contributed by atoms with E-state index in [1.807, 2.05) is 0 Å². The van der Waals surface area contributed by atoms with E-state index in [0.717, 1.165) is 52.9 Å². The Morgan fingerprint density at radius 2 is 1.14 bits per heavy atom. The number of hydrogen-bond acceptors (Lipinski definition) is 24. The van der Waals surface area contributed by atoms with Crippen LogP contribution in [-0.4, -0.2) is 319 Å². The quantitative estimate of drug-likeness (QED) is 0.00736. The number of aromatic amines is 1. The molecule has 0 saturated carbocycles. The Balaban J connectivity index is 2.10. The van der Waals surface area contributed by atoms with Crippen molar-refractivity contribution in [1.82, 2.24) is 4.98 Å². The van der Waals surface area contributed by atoms with E-state index < -0.39 is 255 Å². The van der Waals surface area contributed by atoms with E-state index >= 15 is 0 Å². The Bertz CT molecular complexity index is 4300. The molecule has 12 unspecified atom stereocenters. The number of unbranched alkanes of at least 4 members (excludes halogenated alkanes) is 3. The average molecular weight is 1630 g/mol. The number of carbonyl (C=O) groups is 6. The van der Waals surface area contributed by atoms with Crippen LogP contribution in [0.4, 0.5) is 5.69 Å². The van der Waals surface area contributed by atoms with Crippen molar-refractivity contribution < 1.29 is 131 Å². The minimum absolute atomic E-state index is 0.0512. The number of benzene rings is 2. The molecule has 43 nitrogen and oxygen atoms in total. The predicted molar refractivity (Wildman–Crippen MR) is 431 cm³/mol. The lowest BCUT2D eigenvalue weighted by atomic mass is 9.97. The Morgan fingerprint density at radius 3 is 1.74 bits per heavy atom. The summed E-state index contributed by atoms with van der Waals surface area (Å²) in [6.45, 7) is 3.55. The number of aliphatic imine (C=N–C) groups is 13. The lowest BCUT2D eigenvalue weighted by Gasteiger charge is -2.24. The molecule has 1 aromatic heterocycles. The van der Waals surface area contributed by atoms with Gasteiger partial charge in [0, 0.05) is 47.6 Å². The summed E-state index contributed by atoms with van der Waals surface area (Å²) in [6.07, 6.45) is -2.72. The Kier molecular flexibility index (Phi) is 39.4. The number of ether oxygens (including phenoxy) is 1. The first-order chi connectivity index (χ1) is 54.7. The first-order valence-electron chi connectivity index (χ1n) is 36.7. The number of para-hydroxylation sites is 2. The summed E-state index contributed by atoms with van der Waals surface area (Å²) in [7, 11) is 0. The zero-order chi connectivity index (χ0) is 86.6. The highest BCUT2D eigenvalue weighted by Crippen LogP contribution is 2.25. The molecule has 1 aliphatic heterocycles. The van der Waals surface area contributed by atoms with Gasteiger partial charge in [-0.05, 0) is 75.3 Å². The maximum atomic E-state index is 14.9. The first kappa shape index (κ1) is 95.7. The molecule has 4 rings (SSSR count). The summed E-state index contributed by atoms with van der Waals surface area (Å²) in [5, 5.41) is 218. The zero-order valence-electron chi connectivity index (χ0n) is 64.2. The second-order valence-corrected chi connectivity index (χ2v) is 27.1. The molecule has 2 heterocycles. The van der Waals surface area contributed by atoms with Crippen molar-refractivity contribution in [2.24, 2.45) is 82.5 Å². The summed E-state index contributed by atoms with van der Waals surface area (Å²) in [4.78, 5) is 132. The number of carboxylic acid groups (broad SMARTS) is 4. The fourth-order valence-electron chi connectivity index (χ4n) is 11.2. The molecule has 0 amide bonds. The molecule has 25 N–H and O–H groups in total. The van der Waals surface area contributed by atoms with Crippen LogP contribution in [0.15, 0.2) is 120 Å². The third-order valence-electron chi connectivity index (χ3n) is 17.6. The molecule has 0 saturated heterocycles. The largest absolute Gasteiger partial charge is 0.497 e. The van der Waals surface area contributed by atoms with Gasteiger partial charge in [0.25, 0.3) is 0 Å². The van der Waals surface area contributed by atoms with Gasteiger partial charge in [-0.3, -0.25) is 29.4 Å². The van der Waals surface area contributed by atoms with Crippen molar-refractivity contribution in [3.8, 4) is 0 Å². The van der Waals surface area contributed by atoms with Gasteiger partial charge in [-0.2, -0.15) is 0 Å². The number of carbonyl (C=O) groups excluding carboxylic acids is 2. The van der Waals surface area contributed by atoms with Crippen LogP contribution in [0.3, 0.4) is 0 Å². The number of cyclic esters (lactones) is 1. The van der Waals surface area contributed by atoms with Gasteiger partial charge in [0.2, 0.25) is 70.8 Å². The third-order valence-corrected chi connectivity index (χ3v) is 17.6. The van der Waals surface area contributed by atoms with E-state index in [2.05, 4.69) is 83.7 Å². The summed E-state index contributed by atoms with van der Waals surface area (Å²) in [5.74, 6) is -26.9. The van der Waals surface area contributed by atoms with Gasteiger partial charge in [-0.1, -0.05) is 83.2 Å². The topological polar surface area (TPSA) is 748 Å². The van der Waals surface area contributed by atoms with Gasteiger partial charge in [0.05, 0.1) is 38.7 Å². The number of aromatic nitrogens is 1. The van der Waals surface area contributed by atoms with E-state index in [4.69, 9.17) is 21.6 Å². The Morgan fingerprint density at radius 1 is 0.586 bits per heavy atom. The number of hydrogen-bond donors (Lipinski definition) is 23. The minimum Gasteiger partial charge on any atom is -0.497 e. The fourth-order valence-corrected chi connectivity index (χ4v) is 11.2. The number of aliphatic hydroxyl groups is 15. The molecule has 0 radical (unpaired) electrons. The van der Waals surface area contributed by atoms with Crippen molar-refractivity contribution in [2.45, 2.75) is 210 Å². The second-order valence-electron chi connectivity index (χ2n) is 27.1. The third kappa shape index (κ3) is 32.4. The van der Waals surface area contributed by atoms with Crippen LogP contribution in [0, 0.1) is 17.2 Å². The number of rotatable bonds is 35. The average Bonchev–Trinajstić information content (AvgIpc) is 1.64. The van der Waals surface area contributed by atoms with E-state index in [-0.39, 0.29) is 43.5 Å². The normalized spacial score (nSPS) is 22.3. The molecule has 0 fully saturated rings. The molecule has 3 aromatic rings. The smallest absolute Gasteiger partial charge is 0.331 e. The number of aliphatic carboxylic acids is 4. The monoisotopic (exact) mass is 1630 g/mol. The number of carboxylic acids is 4. The summed E-state index contributed by atoms with van der Waals surface area (Å²) < 4.78 is 5.72. The molecule has 14 atom stereocenters. The first-order valence-corrected chi connectivity index (χ1v) is 36.7. The van der Waals surface area contributed by atoms with Crippen LogP contribution in [0.2, 0.25) is 0 Å². The Labute approximate surface area is 663 Å². The van der Waals surface area contributed by atoms with Crippen molar-refractivity contribution in [3.63, 3.8) is 0 Å². The molecule has 636 valence electrons. The number of nitrogens with one attached hydrogen (secondary N) is 2. The Hall–Kier alpha value is -12.7. The van der Waals surface area contributed by atoms with Crippen molar-refractivity contribution in [3.05, 3.63) is 65.9 Å². The van der Waals surface area contributed by atoms with Crippen LogP contribution in [0.1, 0.15) is 147 Å². The highest BCUT2D eigenvalue weighted by molar-refractivity contribution is 6.04. The molecular formula is C73H103N17O26. The van der Waals surface area contributed by atoms with Crippen LogP contribution >= 0.6 is 0 Å². The van der Waals surface area contributed by atoms with Gasteiger partial charge < -0.3 is 118 Å². The molecule has 2 aromatic carbocycles. The summed E-state index contributed by atoms with van der Waals surface area (Å²) in [6, 6.07) is -10.1. The fraction of sp³-hybridized carbons (Fsp3) is 0.534. The number of nitrogens with zero attached hydrogens (tertiary/aromatic N) is 13. The molecule has 116 heavy (non-hydrogen) atoms. The van der Waals surface area contributed by atoms with Gasteiger partial charge in [-0.15, -0.1) is 0 Å². The molecular weight excluding hydrogens is 1530 g/mol. The van der Waals surface area contributed by atoms with Crippen LogP contribution in [-0.2, 0) is 35.1 Å². The maximum absolute atomic E-state index is 14.9. The lowest BCUT2D eigenvalue weighted by Crippen LogP contribution is -2.40. The number of H-pyrrole nitrogens is 1. The molecule has 1 aliphatic rings. The van der Waals surface area contributed by atoms with Crippen molar-refractivity contribution in [2.75, 3.05) is 32.0 Å². The zero-order valence-corrected chi connectivity index (χ0v) is 64.2. The molecule has 43 heteroatoms. The number of nitrogens with two attached hydrogens (primary N) is 2. The summed E-state index contributed by atoms with van der Waals surface area (Å²) >= 11 is 0. The van der Waals surface area contributed by atoms with Crippen molar-refractivity contribution in [1.29, 1.82) is 5.41 Å². The van der Waals surface area contributed by atoms with Gasteiger partial charge in [0.1, 0.15) is 67.5 Å². The summed E-state index contributed by atoms with van der Waals surface area (Å²) in [5.41, 5.74) is 12.7. The van der Waals surface area contributed by atoms with Gasteiger partial charge in [0.15, 0.2) is 35.7 Å². The SMILES string of the molecule is CCC(C)CCCCCCC(O)=NC(Cc1c[nH]c2ccccc12)C(O)=NC(CC(=N)O)C(O)=NC(CC(=O)O)C(O)=N[C@@H]1C(O)=NCC(O)=NC(CCCN)C(O)=NC(CC(=O)O)C(O)=NC(C)C(O)=NC(CC(=O)O)C(O)=NCC(O)=NC(CO)C(O)=NC(C(C)CC(=O)O)C(O)=NC(CC(=O)c2ccccc2N)C(=O)O[C@@H]1C. The van der Waals surface area contributed by atoms with Crippen LogP contribution < -0.4 is 11.5 Å². The number of aliphatic hydroxyl groups excluding tert-OH is 15. The highest BCUT2D eigenvalue weighted by Gasteiger charge is 2.37. The number of fused-ring (bicyclic) bond motifs is 1. The lowest BCUT2D eigenvalue weighted by molar-refractivity contribution is -0.150. The molecule has 0 aliphatic carbocycles. The second kappa shape index (κ2) is 47.7. The van der Waals surface area contributed by atoms with Crippen LogP contribution in [0.25, 0.3) is 10.9 Å². The standard InChI is InChI=1S/C73H103N17O26/c1-6-35(2)16-9-7-8-10-22-54(94)82-45(25-39-31-77-43-20-14-12-17-40(39)43)67(109)85-46(27-53(76)93)68(110)87-49(30-60(103)104)69(111)90-62-38(5)116-73(115)50(26-52(92)41-18-11-13-19-42(41)75)88-72(114)61(36(3)24-57(97)98)89-70(112)51(34-91)83-56(96)32-78-64(106)47(28-58(99)100)84-63(105)37(4)80-66(108)48(29-59(101)102)86-65(107)44(21-15-23-74)81-55(95)33-79-71(62)113/h11-14,17-20,31,35-38,44-51,61-62,77,91H,6-10,15-16,21-30,32-34,74-75H2,1-5H3,(H2,76,93)(H,78,106)(H,79,113)(H,80,108)(H,81,95)(H,82,94)(H,83,96)(H,84,105)(H,85,109)(H,86,107)(H,87,110)(H,88,114)(H,89,112)(H,90,111)(H,97,98)(H,99,100)(H,101,102)(H,103,104)/t35?,36?,37?,38-,44?,45?,46?,47?,48?,49?,50?,51?,61?,62+/m1/s1. The maximum Gasteiger partial charge on any atom is 0.331 e. The van der Waals surface area contributed by atoms with E-state index in [1.54, 1.807) is 30.5 Å². The highest BCUT2D eigenvalue weighted by atomic mass is 16.5.